The largest absolute Gasteiger partial charge is 0.333 e. The van der Waals surface area contributed by atoms with Gasteiger partial charge in [-0.3, -0.25) is 4.79 Å². The van der Waals surface area contributed by atoms with Gasteiger partial charge in [0.2, 0.25) is 5.43 Å². The number of halogens is 2. The molecule has 1 atom stereocenters. The van der Waals surface area contributed by atoms with Gasteiger partial charge in [0, 0.05) is 17.7 Å². The molecule has 19 heavy (non-hydrogen) atoms. The van der Waals surface area contributed by atoms with Gasteiger partial charge < -0.3 is 0 Å². The van der Waals surface area contributed by atoms with E-state index in [-0.39, 0.29) is 11.3 Å². The van der Waals surface area contributed by atoms with E-state index in [1.807, 2.05) is 6.92 Å². The molecule has 0 radical (unpaired) electrons. The monoisotopic (exact) mass is 272 g/mol. The molecule has 0 aliphatic rings. The predicted molar refractivity (Wildman–Crippen MR) is 71.7 cm³/mol. The Bertz CT molecular complexity index is 457. The standard InChI is InChI=1S/C14H22F2N2O/c1-4-6-8-11(7-5-2)12-13(19)10(3)9-18(17-12)14(15)16/h9,11,14H,4-8H2,1-3H3. The maximum Gasteiger partial charge on any atom is 0.333 e. The zero-order valence-electron chi connectivity index (χ0n) is 11.8. The van der Waals surface area contributed by atoms with Crippen LogP contribution in [0.4, 0.5) is 8.78 Å². The number of aryl methyl sites for hydroxylation is 1. The van der Waals surface area contributed by atoms with Gasteiger partial charge in [-0.05, 0) is 19.8 Å². The molecule has 1 aromatic heterocycles. The van der Waals surface area contributed by atoms with E-state index in [4.69, 9.17) is 0 Å². The maximum atomic E-state index is 12.8. The molecule has 108 valence electrons. The second kappa shape index (κ2) is 7.36. The Hall–Kier alpha value is -1.26. The van der Waals surface area contributed by atoms with E-state index in [1.54, 1.807) is 6.92 Å². The van der Waals surface area contributed by atoms with Gasteiger partial charge in [-0.15, -0.1) is 0 Å². The van der Waals surface area contributed by atoms with E-state index in [2.05, 4.69) is 12.0 Å². The van der Waals surface area contributed by atoms with Crippen LogP contribution in [0.5, 0.6) is 0 Å². The molecule has 0 bridgehead atoms. The third-order valence-corrected chi connectivity index (χ3v) is 3.27. The number of unbranched alkanes of at least 4 members (excludes halogenated alkanes) is 1. The lowest BCUT2D eigenvalue weighted by molar-refractivity contribution is 0.0534. The van der Waals surface area contributed by atoms with Crippen molar-refractivity contribution >= 4 is 0 Å². The Morgan fingerprint density at radius 3 is 2.47 bits per heavy atom. The molecule has 5 heteroatoms. The summed E-state index contributed by atoms with van der Waals surface area (Å²) in [6, 6.07) is 0. The lowest BCUT2D eigenvalue weighted by Crippen LogP contribution is -2.23. The Morgan fingerprint density at radius 1 is 1.26 bits per heavy atom. The van der Waals surface area contributed by atoms with Crippen molar-refractivity contribution in [2.45, 2.75) is 65.3 Å². The van der Waals surface area contributed by atoms with Gasteiger partial charge in [0.05, 0.1) is 0 Å². The maximum absolute atomic E-state index is 12.8. The fourth-order valence-electron chi connectivity index (χ4n) is 2.24. The SMILES string of the molecule is CCCCC(CCC)c1nn(C(F)F)cc(C)c1=O. The van der Waals surface area contributed by atoms with Gasteiger partial charge in [-0.1, -0.05) is 33.1 Å². The highest BCUT2D eigenvalue weighted by atomic mass is 19.3. The van der Waals surface area contributed by atoms with E-state index in [9.17, 15) is 13.6 Å². The first-order valence-corrected chi connectivity index (χ1v) is 6.89. The molecule has 0 spiro atoms. The van der Waals surface area contributed by atoms with Crippen molar-refractivity contribution in [3.05, 3.63) is 27.7 Å². The average Bonchev–Trinajstić information content (AvgIpc) is 2.37. The van der Waals surface area contributed by atoms with Gasteiger partial charge in [0.1, 0.15) is 5.69 Å². The summed E-state index contributed by atoms with van der Waals surface area (Å²) in [6.45, 7) is 2.96. The number of hydrogen-bond donors (Lipinski definition) is 0. The van der Waals surface area contributed by atoms with Crippen LogP contribution in [-0.4, -0.2) is 9.78 Å². The highest BCUT2D eigenvalue weighted by molar-refractivity contribution is 5.15. The molecule has 0 aliphatic carbocycles. The predicted octanol–water partition coefficient (Wildman–Crippen LogP) is 4.02. The van der Waals surface area contributed by atoms with Gasteiger partial charge >= 0.3 is 6.55 Å². The zero-order valence-corrected chi connectivity index (χ0v) is 11.8. The van der Waals surface area contributed by atoms with E-state index in [0.29, 0.717) is 15.9 Å². The van der Waals surface area contributed by atoms with Crippen molar-refractivity contribution in [1.82, 2.24) is 9.78 Å². The summed E-state index contributed by atoms with van der Waals surface area (Å²) in [5.41, 5.74) is 0.449. The summed E-state index contributed by atoms with van der Waals surface area (Å²) in [4.78, 5) is 12.1. The van der Waals surface area contributed by atoms with Crippen molar-refractivity contribution in [1.29, 1.82) is 0 Å². The quantitative estimate of drug-likeness (QED) is 0.751. The minimum atomic E-state index is -2.70. The first kappa shape index (κ1) is 15.8. The van der Waals surface area contributed by atoms with Gasteiger partial charge in [-0.25, -0.2) is 4.68 Å². The van der Waals surface area contributed by atoms with Crippen LogP contribution in [0.2, 0.25) is 0 Å². The Kier molecular flexibility index (Phi) is 6.12. The zero-order chi connectivity index (χ0) is 14.4. The molecule has 0 aromatic carbocycles. The van der Waals surface area contributed by atoms with Gasteiger partial charge in [-0.2, -0.15) is 13.9 Å². The molecule has 1 aromatic rings. The molecular formula is C14H22F2N2O. The van der Waals surface area contributed by atoms with Crippen LogP contribution < -0.4 is 5.43 Å². The summed E-state index contributed by atoms with van der Waals surface area (Å²) in [6.07, 6.45) is 5.69. The minimum absolute atomic E-state index is 0.0117. The second-order valence-electron chi connectivity index (χ2n) is 4.91. The van der Waals surface area contributed by atoms with E-state index in [1.165, 1.54) is 0 Å². The molecule has 0 aliphatic heterocycles. The van der Waals surface area contributed by atoms with Gasteiger partial charge in [0.25, 0.3) is 0 Å². The summed E-state index contributed by atoms with van der Waals surface area (Å²) in [5.74, 6) is -0.0117. The summed E-state index contributed by atoms with van der Waals surface area (Å²) in [7, 11) is 0. The minimum Gasteiger partial charge on any atom is -0.287 e. The lowest BCUT2D eigenvalue weighted by Gasteiger charge is -2.16. The lowest BCUT2D eigenvalue weighted by atomic mass is 9.93. The normalized spacial score (nSPS) is 12.9. The molecule has 1 heterocycles. The third-order valence-electron chi connectivity index (χ3n) is 3.27. The number of rotatable bonds is 7. The highest BCUT2D eigenvalue weighted by Gasteiger charge is 2.19. The second-order valence-corrected chi connectivity index (χ2v) is 4.91. The van der Waals surface area contributed by atoms with Crippen LogP contribution in [0.15, 0.2) is 11.0 Å². The Balaban J connectivity index is 3.16. The van der Waals surface area contributed by atoms with E-state index >= 15 is 0 Å². The fourth-order valence-corrected chi connectivity index (χ4v) is 2.24. The first-order chi connectivity index (χ1) is 9.01. The molecule has 0 N–H and O–H groups in total. The molecule has 0 fully saturated rings. The fraction of sp³-hybridized carbons (Fsp3) is 0.714. The van der Waals surface area contributed by atoms with Crippen molar-refractivity contribution in [3.63, 3.8) is 0 Å². The van der Waals surface area contributed by atoms with Crippen LogP contribution in [-0.2, 0) is 0 Å². The first-order valence-electron chi connectivity index (χ1n) is 6.89. The summed E-state index contributed by atoms with van der Waals surface area (Å²) < 4.78 is 26.1. The van der Waals surface area contributed by atoms with E-state index < -0.39 is 6.55 Å². The van der Waals surface area contributed by atoms with Gasteiger partial charge in [0.15, 0.2) is 0 Å². The molecule has 0 saturated carbocycles. The van der Waals surface area contributed by atoms with Crippen LogP contribution in [0.25, 0.3) is 0 Å². The van der Waals surface area contributed by atoms with Crippen molar-refractivity contribution in [3.8, 4) is 0 Å². The highest BCUT2D eigenvalue weighted by Crippen LogP contribution is 2.24. The van der Waals surface area contributed by atoms with Crippen LogP contribution in [0, 0.1) is 6.92 Å². The number of nitrogens with zero attached hydrogens (tertiary/aromatic N) is 2. The number of hydrogen-bond acceptors (Lipinski definition) is 2. The molecule has 1 unspecified atom stereocenters. The van der Waals surface area contributed by atoms with E-state index in [0.717, 1.165) is 38.3 Å². The van der Waals surface area contributed by atoms with Crippen molar-refractivity contribution < 1.29 is 8.78 Å². The average molecular weight is 272 g/mol. The Labute approximate surface area is 112 Å². The van der Waals surface area contributed by atoms with Crippen LogP contribution in [0.3, 0.4) is 0 Å². The molecule has 3 nitrogen and oxygen atoms in total. The van der Waals surface area contributed by atoms with Crippen LogP contribution >= 0.6 is 0 Å². The molecule has 0 amide bonds. The number of alkyl halides is 2. The molecule has 0 saturated heterocycles. The smallest absolute Gasteiger partial charge is 0.287 e. The van der Waals surface area contributed by atoms with Crippen molar-refractivity contribution in [2.24, 2.45) is 0 Å². The summed E-state index contributed by atoms with van der Waals surface area (Å²) >= 11 is 0. The third kappa shape index (κ3) is 4.11. The number of aromatic nitrogens is 2. The molecular weight excluding hydrogens is 250 g/mol. The van der Waals surface area contributed by atoms with Crippen LogP contribution in [0.1, 0.15) is 69.7 Å². The van der Waals surface area contributed by atoms with Crippen molar-refractivity contribution in [2.75, 3.05) is 0 Å². The topological polar surface area (TPSA) is 34.9 Å². The Morgan fingerprint density at radius 2 is 1.95 bits per heavy atom. The summed E-state index contributed by atoms with van der Waals surface area (Å²) in [5, 5.41) is 3.86. The molecule has 1 rings (SSSR count).